The summed E-state index contributed by atoms with van der Waals surface area (Å²) in [5.41, 5.74) is 2.23. The predicted molar refractivity (Wildman–Crippen MR) is 76.7 cm³/mol. The van der Waals surface area contributed by atoms with Gasteiger partial charge in [-0.2, -0.15) is 0 Å². The summed E-state index contributed by atoms with van der Waals surface area (Å²) in [5, 5.41) is 5.20. The molecule has 0 aromatic carbocycles. The van der Waals surface area contributed by atoms with Crippen LogP contribution in [0.4, 0.5) is 5.13 Å². The van der Waals surface area contributed by atoms with Crippen molar-refractivity contribution in [2.24, 2.45) is 0 Å². The zero-order valence-electron chi connectivity index (χ0n) is 10.7. The average Bonchev–Trinajstić information content (AvgIpc) is 3.09. The highest BCUT2D eigenvalue weighted by Crippen LogP contribution is 2.24. The Morgan fingerprint density at radius 3 is 3.00 bits per heavy atom. The monoisotopic (exact) mass is 285 g/mol. The van der Waals surface area contributed by atoms with Crippen LogP contribution in [0.3, 0.4) is 0 Å². The number of aryl methyl sites for hydroxylation is 1. The first kappa shape index (κ1) is 12.6. The average molecular weight is 285 g/mol. The van der Waals surface area contributed by atoms with Crippen molar-refractivity contribution in [1.29, 1.82) is 0 Å². The minimum atomic E-state index is -0.219. The number of hydrogen-bond donors (Lipinski definition) is 1. The molecular weight excluding hydrogens is 274 g/mol. The second-order valence-corrected chi connectivity index (χ2v) is 4.98. The van der Waals surface area contributed by atoms with E-state index in [0.717, 1.165) is 11.3 Å². The molecule has 6 heteroatoms. The fraction of sp³-hybridized carbons (Fsp3) is 0.0714. The molecule has 0 bridgehead atoms. The fourth-order valence-electron chi connectivity index (χ4n) is 1.76. The summed E-state index contributed by atoms with van der Waals surface area (Å²) < 4.78 is 5.11. The van der Waals surface area contributed by atoms with Crippen LogP contribution in [0, 0.1) is 6.92 Å². The first-order chi connectivity index (χ1) is 9.74. The molecule has 0 fully saturated rings. The molecule has 0 spiro atoms. The summed E-state index contributed by atoms with van der Waals surface area (Å²) in [7, 11) is 0. The molecule has 5 nitrogen and oxygen atoms in total. The molecule has 3 rings (SSSR count). The van der Waals surface area contributed by atoms with Crippen LogP contribution in [-0.4, -0.2) is 15.9 Å². The third-order valence-electron chi connectivity index (χ3n) is 2.79. The standard InChI is InChI=1S/C14H11N3O2S/c1-9-11(4-6-19-9)13(18)17-14-16-12(8-20-14)10-3-2-5-15-7-10/h2-8H,1H3,(H,16,17,18). The second kappa shape index (κ2) is 5.26. The van der Waals surface area contributed by atoms with Crippen molar-refractivity contribution in [1.82, 2.24) is 9.97 Å². The Hall–Kier alpha value is -2.47. The van der Waals surface area contributed by atoms with Gasteiger partial charge in [-0.25, -0.2) is 4.98 Å². The lowest BCUT2D eigenvalue weighted by molar-refractivity contribution is 0.102. The Kier molecular flexibility index (Phi) is 3.30. The molecule has 20 heavy (non-hydrogen) atoms. The molecule has 3 aromatic rings. The van der Waals surface area contributed by atoms with Gasteiger partial charge in [-0.1, -0.05) is 0 Å². The maximum atomic E-state index is 12.0. The summed E-state index contributed by atoms with van der Waals surface area (Å²) in [6.45, 7) is 1.75. The number of amides is 1. The Balaban J connectivity index is 1.78. The molecule has 100 valence electrons. The van der Waals surface area contributed by atoms with Gasteiger partial charge in [0.1, 0.15) is 5.76 Å². The van der Waals surface area contributed by atoms with E-state index in [1.807, 2.05) is 17.5 Å². The minimum Gasteiger partial charge on any atom is -0.469 e. The van der Waals surface area contributed by atoms with Crippen LogP contribution in [0.15, 0.2) is 46.7 Å². The Morgan fingerprint density at radius 1 is 1.40 bits per heavy atom. The van der Waals surface area contributed by atoms with Gasteiger partial charge in [0.25, 0.3) is 5.91 Å². The highest BCUT2D eigenvalue weighted by atomic mass is 32.1. The van der Waals surface area contributed by atoms with E-state index < -0.39 is 0 Å². The summed E-state index contributed by atoms with van der Waals surface area (Å²) >= 11 is 1.37. The zero-order chi connectivity index (χ0) is 13.9. The number of carbonyl (C=O) groups excluding carboxylic acids is 1. The molecular formula is C14H11N3O2S. The molecule has 0 unspecified atom stereocenters. The number of rotatable bonds is 3. The molecule has 0 radical (unpaired) electrons. The molecule has 0 saturated heterocycles. The third-order valence-corrected chi connectivity index (χ3v) is 3.54. The molecule has 0 aliphatic rings. The van der Waals surface area contributed by atoms with Crippen LogP contribution in [-0.2, 0) is 0 Å². The van der Waals surface area contributed by atoms with Gasteiger partial charge in [-0.3, -0.25) is 15.1 Å². The van der Waals surface area contributed by atoms with Gasteiger partial charge in [0, 0.05) is 23.3 Å². The van der Waals surface area contributed by atoms with Crippen molar-refractivity contribution < 1.29 is 9.21 Å². The highest BCUT2D eigenvalue weighted by Gasteiger charge is 2.13. The number of carbonyl (C=O) groups is 1. The summed E-state index contributed by atoms with van der Waals surface area (Å²) in [6, 6.07) is 5.41. The van der Waals surface area contributed by atoms with E-state index in [4.69, 9.17) is 4.42 Å². The zero-order valence-corrected chi connectivity index (χ0v) is 11.5. The molecule has 3 aromatic heterocycles. The lowest BCUT2D eigenvalue weighted by Gasteiger charge is -1.99. The molecule has 3 heterocycles. The summed E-state index contributed by atoms with van der Waals surface area (Å²) in [4.78, 5) is 20.4. The van der Waals surface area contributed by atoms with Gasteiger partial charge in [0.05, 0.1) is 17.5 Å². The van der Waals surface area contributed by atoms with E-state index in [1.54, 1.807) is 25.4 Å². The number of nitrogens with zero attached hydrogens (tertiary/aromatic N) is 2. The topological polar surface area (TPSA) is 68.0 Å². The number of hydrogen-bond acceptors (Lipinski definition) is 5. The highest BCUT2D eigenvalue weighted by molar-refractivity contribution is 7.14. The van der Waals surface area contributed by atoms with Gasteiger partial charge >= 0.3 is 0 Å². The quantitative estimate of drug-likeness (QED) is 0.801. The van der Waals surface area contributed by atoms with Crippen LogP contribution in [0.5, 0.6) is 0 Å². The van der Waals surface area contributed by atoms with E-state index in [2.05, 4.69) is 15.3 Å². The Labute approximate surface area is 119 Å². The van der Waals surface area contributed by atoms with Crippen molar-refractivity contribution in [3.05, 3.63) is 53.6 Å². The summed E-state index contributed by atoms with van der Waals surface area (Å²) in [6.07, 6.45) is 4.94. The first-order valence-corrected chi connectivity index (χ1v) is 6.83. The molecule has 0 atom stereocenters. The normalized spacial score (nSPS) is 10.4. The van der Waals surface area contributed by atoms with Crippen molar-refractivity contribution in [2.75, 3.05) is 5.32 Å². The number of nitrogens with one attached hydrogen (secondary N) is 1. The number of pyridine rings is 1. The molecule has 1 amide bonds. The van der Waals surface area contributed by atoms with Gasteiger partial charge in [0.2, 0.25) is 0 Å². The number of aromatic nitrogens is 2. The number of thiazole rings is 1. The first-order valence-electron chi connectivity index (χ1n) is 5.95. The predicted octanol–water partition coefficient (Wildman–Crippen LogP) is 3.36. The van der Waals surface area contributed by atoms with Crippen LogP contribution < -0.4 is 5.32 Å². The lowest BCUT2D eigenvalue weighted by atomic mass is 10.2. The van der Waals surface area contributed by atoms with E-state index >= 15 is 0 Å². The largest absolute Gasteiger partial charge is 0.469 e. The van der Waals surface area contributed by atoms with Crippen molar-refractivity contribution in [3.8, 4) is 11.3 Å². The molecule has 1 N–H and O–H groups in total. The van der Waals surface area contributed by atoms with E-state index in [0.29, 0.717) is 16.5 Å². The van der Waals surface area contributed by atoms with E-state index in [1.165, 1.54) is 17.6 Å². The number of furan rings is 1. The second-order valence-electron chi connectivity index (χ2n) is 4.12. The van der Waals surface area contributed by atoms with Gasteiger partial charge in [-0.15, -0.1) is 11.3 Å². The smallest absolute Gasteiger partial charge is 0.260 e. The summed E-state index contributed by atoms with van der Waals surface area (Å²) in [5.74, 6) is 0.370. The maximum absolute atomic E-state index is 12.0. The number of anilines is 1. The van der Waals surface area contributed by atoms with Gasteiger partial charge < -0.3 is 4.42 Å². The Bertz CT molecular complexity index is 734. The maximum Gasteiger partial charge on any atom is 0.260 e. The van der Waals surface area contributed by atoms with Crippen LogP contribution >= 0.6 is 11.3 Å². The fourth-order valence-corrected chi connectivity index (χ4v) is 2.48. The van der Waals surface area contributed by atoms with Crippen molar-refractivity contribution >= 4 is 22.4 Å². The van der Waals surface area contributed by atoms with E-state index in [9.17, 15) is 4.79 Å². The SMILES string of the molecule is Cc1occc1C(=O)Nc1nc(-c2cccnc2)cs1. The van der Waals surface area contributed by atoms with E-state index in [-0.39, 0.29) is 5.91 Å². The van der Waals surface area contributed by atoms with Crippen molar-refractivity contribution in [3.63, 3.8) is 0 Å². The minimum absolute atomic E-state index is 0.219. The van der Waals surface area contributed by atoms with Crippen molar-refractivity contribution in [2.45, 2.75) is 6.92 Å². The third kappa shape index (κ3) is 2.46. The Morgan fingerprint density at radius 2 is 2.30 bits per heavy atom. The molecule has 0 saturated carbocycles. The van der Waals surface area contributed by atoms with Crippen LogP contribution in [0.25, 0.3) is 11.3 Å². The van der Waals surface area contributed by atoms with Gasteiger partial charge in [0.15, 0.2) is 5.13 Å². The van der Waals surface area contributed by atoms with Crippen LogP contribution in [0.1, 0.15) is 16.1 Å². The molecule has 0 aliphatic heterocycles. The van der Waals surface area contributed by atoms with Gasteiger partial charge in [-0.05, 0) is 25.1 Å². The lowest BCUT2D eigenvalue weighted by Crippen LogP contribution is -2.11. The van der Waals surface area contributed by atoms with Crippen LogP contribution in [0.2, 0.25) is 0 Å². The molecule has 0 aliphatic carbocycles.